The smallest absolute Gasteiger partial charge is 0.257 e. The molecule has 0 saturated carbocycles. The van der Waals surface area contributed by atoms with E-state index < -0.39 is 0 Å². The standard InChI is InChI=1S/C21H22N4O/c1-13-9-10-17(11-14(13)2)24-20(26)18-7-5-6-8-19(18)25-21-22-15(3)12-16(4)23-21/h5-12H,1-4H3,(H,24,26)(H,22,23,25). The number of hydrogen-bond donors (Lipinski definition) is 2. The molecule has 2 N–H and O–H groups in total. The Morgan fingerprint density at radius 3 is 2.23 bits per heavy atom. The second kappa shape index (κ2) is 7.35. The molecular formula is C21H22N4O. The van der Waals surface area contributed by atoms with E-state index >= 15 is 0 Å². The van der Waals surface area contributed by atoms with Crippen LogP contribution in [0.15, 0.2) is 48.5 Å². The van der Waals surface area contributed by atoms with E-state index in [4.69, 9.17) is 0 Å². The van der Waals surface area contributed by atoms with Crippen LogP contribution in [-0.4, -0.2) is 15.9 Å². The lowest BCUT2D eigenvalue weighted by molar-refractivity contribution is 0.102. The zero-order chi connectivity index (χ0) is 18.7. The topological polar surface area (TPSA) is 66.9 Å². The number of anilines is 3. The van der Waals surface area contributed by atoms with Gasteiger partial charge in [0.15, 0.2) is 0 Å². The first-order valence-electron chi connectivity index (χ1n) is 8.49. The van der Waals surface area contributed by atoms with Gasteiger partial charge >= 0.3 is 0 Å². The lowest BCUT2D eigenvalue weighted by Gasteiger charge is -2.12. The highest BCUT2D eigenvalue weighted by atomic mass is 16.1. The Kier molecular flexibility index (Phi) is 4.98. The van der Waals surface area contributed by atoms with Gasteiger partial charge < -0.3 is 10.6 Å². The molecule has 0 atom stereocenters. The molecule has 0 aliphatic rings. The normalized spacial score (nSPS) is 10.5. The molecule has 0 saturated heterocycles. The summed E-state index contributed by atoms with van der Waals surface area (Å²) in [6.07, 6.45) is 0. The summed E-state index contributed by atoms with van der Waals surface area (Å²) in [5.41, 5.74) is 6.05. The summed E-state index contributed by atoms with van der Waals surface area (Å²) in [5, 5.41) is 6.11. The average Bonchev–Trinajstić information content (AvgIpc) is 2.57. The molecule has 0 bridgehead atoms. The molecule has 132 valence electrons. The van der Waals surface area contributed by atoms with Crippen molar-refractivity contribution in [1.82, 2.24) is 9.97 Å². The fourth-order valence-corrected chi connectivity index (χ4v) is 2.71. The van der Waals surface area contributed by atoms with Crippen LogP contribution >= 0.6 is 0 Å². The van der Waals surface area contributed by atoms with Gasteiger partial charge in [-0.3, -0.25) is 4.79 Å². The molecule has 0 spiro atoms. The first-order chi connectivity index (χ1) is 12.4. The average molecular weight is 346 g/mol. The maximum Gasteiger partial charge on any atom is 0.257 e. The molecule has 5 nitrogen and oxygen atoms in total. The zero-order valence-electron chi connectivity index (χ0n) is 15.4. The summed E-state index contributed by atoms with van der Waals surface area (Å²) in [5.74, 6) is 0.301. The van der Waals surface area contributed by atoms with Crippen molar-refractivity contribution in [3.63, 3.8) is 0 Å². The van der Waals surface area contributed by atoms with Gasteiger partial charge in [-0.25, -0.2) is 9.97 Å². The van der Waals surface area contributed by atoms with Crippen LogP contribution in [0.3, 0.4) is 0 Å². The third-order valence-electron chi connectivity index (χ3n) is 4.17. The Morgan fingerprint density at radius 1 is 0.846 bits per heavy atom. The number of nitrogens with zero attached hydrogens (tertiary/aromatic N) is 2. The number of carbonyl (C=O) groups excluding carboxylic acids is 1. The number of amides is 1. The zero-order valence-corrected chi connectivity index (χ0v) is 15.4. The number of rotatable bonds is 4. The maximum atomic E-state index is 12.8. The summed E-state index contributed by atoms with van der Waals surface area (Å²) in [4.78, 5) is 21.5. The van der Waals surface area contributed by atoms with E-state index in [2.05, 4.69) is 20.6 Å². The molecule has 5 heteroatoms. The van der Waals surface area contributed by atoms with Crippen LogP contribution in [0.25, 0.3) is 0 Å². The number of aromatic nitrogens is 2. The maximum absolute atomic E-state index is 12.8. The number of aryl methyl sites for hydroxylation is 4. The fourth-order valence-electron chi connectivity index (χ4n) is 2.71. The molecule has 26 heavy (non-hydrogen) atoms. The van der Waals surface area contributed by atoms with E-state index in [0.29, 0.717) is 17.2 Å². The molecule has 2 aromatic carbocycles. The minimum atomic E-state index is -0.180. The fraction of sp³-hybridized carbons (Fsp3) is 0.190. The molecule has 0 fully saturated rings. The number of para-hydroxylation sites is 1. The lowest BCUT2D eigenvalue weighted by Crippen LogP contribution is -2.14. The largest absolute Gasteiger partial charge is 0.323 e. The summed E-state index contributed by atoms with van der Waals surface area (Å²) in [6.45, 7) is 7.90. The van der Waals surface area contributed by atoms with E-state index in [-0.39, 0.29) is 5.91 Å². The van der Waals surface area contributed by atoms with Crippen LogP contribution in [0, 0.1) is 27.7 Å². The molecule has 0 aliphatic heterocycles. The molecule has 1 amide bonds. The third-order valence-corrected chi connectivity index (χ3v) is 4.17. The second-order valence-corrected chi connectivity index (χ2v) is 6.40. The van der Waals surface area contributed by atoms with E-state index in [9.17, 15) is 4.79 Å². The van der Waals surface area contributed by atoms with Crippen LogP contribution < -0.4 is 10.6 Å². The highest BCUT2D eigenvalue weighted by molar-refractivity contribution is 6.08. The van der Waals surface area contributed by atoms with E-state index in [1.165, 1.54) is 5.56 Å². The van der Waals surface area contributed by atoms with Gasteiger partial charge in [0.2, 0.25) is 5.95 Å². The molecule has 0 radical (unpaired) electrons. The van der Waals surface area contributed by atoms with Crippen molar-refractivity contribution < 1.29 is 4.79 Å². The van der Waals surface area contributed by atoms with Crippen LogP contribution in [0.2, 0.25) is 0 Å². The first kappa shape index (κ1) is 17.6. The van der Waals surface area contributed by atoms with Gasteiger partial charge in [0.05, 0.1) is 11.3 Å². The molecule has 3 rings (SSSR count). The monoisotopic (exact) mass is 346 g/mol. The molecule has 0 aliphatic carbocycles. The predicted molar refractivity (Wildman–Crippen MR) is 105 cm³/mol. The molecule has 1 aromatic heterocycles. The molecule has 3 aromatic rings. The minimum Gasteiger partial charge on any atom is -0.323 e. The highest BCUT2D eigenvalue weighted by Crippen LogP contribution is 2.21. The Morgan fingerprint density at radius 2 is 1.54 bits per heavy atom. The van der Waals surface area contributed by atoms with E-state index in [1.54, 1.807) is 6.07 Å². The molecule has 1 heterocycles. The van der Waals surface area contributed by atoms with Crippen molar-refractivity contribution in [2.75, 3.05) is 10.6 Å². The minimum absolute atomic E-state index is 0.180. The third kappa shape index (κ3) is 4.06. The first-order valence-corrected chi connectivity index (χ1v) is 8.49. The summed E-state index contributed by atoms with van der Waals surface area (Å²) < 4.78 is 0. The summed E-state index contributed by atoms with van der Waals surface area (Å²) >= 11 is 0. The van der Waals surface area contributed by atoms with Crippen LogP contribution in [0.4, 0.5) is 17.3 Å². The quantitative estimate of drug-likeness (QED) is 0.718. The van der Waals surface area contributed by atoms with Crippen LogP contribution in [-0.2, 0) is 0 Å². The van der Waals surface area contributed by atoms with Crippen molar-refractivity contribution in [2.45, 2.75) is 27.7 Å². The number of hydrogen-bond acceptors (Lipinski definition) is 4. The van der Waals surface area contributed by atoms with Crippen molar-refractivity contribution >= 4 is 23.2 Å². The second-order valence-electron chi connectivity index (χ2n) is 6.40. The Bertz CT molecular complexity index is 946. The molecule has 0 unspecified atom stereocenters. The van der Waals surface area contributed by atoms with Gasteiger partial charge in [0, 0.05) is 17.1 Å². The van der Waals surface area contributed by atoms with Gasteiger partial charge in [0.25, 0.3) is 5.91 Å². The van der Waals surface area contributed by atoms with Crippen LogP contribution in [0.1, 0.15) is 32.9 Å². The van der Waals surface area contributed by atoms with Gasteiger partial charge in [-0.1, -0.05) is 18.2 Å². The van der Waals surface area contributed by atoms with Crippen LogP contribution in [0.5, 0.6) is 0 Å². The van der Waals surface area contributed by atoms with Gasteiger partial charge in [-0.15, -0.1) is 0 Å². The van der Waals surface area contributed by atoms with Crippen molar-refractivity contribution in [1.29, 1.82) is 0 Å². The van der Waals surface area contributed by atoms with Crippen molar-refractivity contribution in [2.24, 2.45) is 0 Å². The van der Waals surface area contributed by atoms with Gasteiger partial charge in [0.1, 0.15) is 0 Å². The number of carbonyl (C=O) groups is 1. The summed E-state index contributed by atoms with van der Waals surface area (Å²) in [6, 6.07) is 15.1. The van der Waals surface area contributed by atoms with Crippen molar-refractivity contribution in [3.05, 3.63) is 76.6 Å². The van der Waals surface area contributed by atoms with Gasteiger partial charge in [-0.05, 0) is 69.2 Å². The highest BCUT2D eigenvalue weighted by Gasteiger charge is 2.13. The lowest BCUT2D eigenvalue weighted by atomic mass is 10.1. The Hall–Kier alpha value is -3.21. The SMILES string of the molecule is Cc1cc(C)nc(Nc2ccccc2C(=O)Nc2ccc(C)c(C)c2)n1. The number of benzene rings is 2. The Labute approximate surface area is 153 Å². The van der Waals surface area contributed by atoms with E-state index in [0.717, 1.165) is 22.6 Å². The summed E-state index contributed by atoms with van der Waals surface area (Å²) in [7, 11) is 0. The van der Waals surface area contributed by atoms with Gasteiger partial charge in [-0.2, -0.15) is 0 Å². The molecular weight excluding hydrogens is 324 g/mol. The predicted octanol–water partition coefficient (Wildman–Crippen LogP) is 4.71. The van der Waals surface area contributed by atoms with E-state index in [1.807, 2.05) is 70.2 Å². The Balaban J connectivity index is 1.86. The van der Waals surface area contributed by atoms with Crippen molar-refractivity contribution in [3.8, 4) is 0 Å². The number of nitrogens with one attached hydrogen (secondary N) is 2.